The minimum absolute atomic E-state index is 0.0398. The maximum atomic E-state index is 14.0. The number of hydrogen-bond donors (Lipinski definition) is 2. The molecule has 0 aromatic heterocycles. The van der Waals surface area contributed by atoms with Crippen molar-refractivity contribution in [2.45, 2.75) is 63.3 Å². The molecule has 0 aliphatic carbocycles. The third kappa shape index (κ3) is 3.72. The Balaban J connectivity index is 1.58. The Morgan fingerprint density at radius 1 is 1.24 bits per heavy atom. The second-order valence-electron chi connectivity index (χ2n) is 9.63. The van der Waals surface area contributed by atoms with Crippen LogP contribution in [0.2, 0.25) is 0 Å². The second kappa shape index (κ2) is 8.75. The fourth-order valence-corrected chi connectivity index (χ4v) is 7.72. The molecule has 29 heavy (non-hydrogen) atoms. The van der Waals surface area contributed by atoms with Crippen molar-refractivity contribution < 1.29 is 4.79 Å². The minimum Gasteiger partial charge on any atom is -0.358 e. The van der Waals surface area contributed by atoms with Crippen molar-refractivity contribution in [3.05, 3.63) is 0 Å². The summed E-state index contributed by atoms with van der Waals surface area (Å²) in [4.78, 5) is 23.5. The van der Waals surface area contributed by atoms with E-state index in [1.807, 2.05) is 11.8 Å². The molecule has 4 heterocycles. The van der Waals surface area contributed by atoms with Crippen LogP contribution in [0.5, 0.6) is 0 Å². The van der Waals surface area contributed by atoms with Crippen LogP contribution in [0, 0.1) is 17.3 Å². The van der Waals surface area contributed by atoms with Gasteiger partial charge in [0, 0.05) is 63.5 Å². The second-order valence-corrected chi connectivity index (χ2v) is 10.7. The van der Waals surface area contributed by atoms with Gasteiger partial charge in [-0.3, -0.25) is 9.79 Å². The van der Waals surface area contributed by atoms with E-state index < -0.39 is 0 Å². The molecule has 7 heteroatoms. The molecule has 0 radical (unpaired) electrons. The monoisotopic (exact) mass is 421 g/mol. The highest BCUT2D eigenvalue weighted by molar-refractivity contribution is 8.14. The lowest BCUT2D eigenvalue weighted by Gasteiger charge is -2.48. The van der Waals surface area contributed by atoms with Crippen LogP contribution in [0.1, 0.15) is 46.0 Å². The van der Waals surface area contributed by atoms with Gasteiger partial charge in [-0.25, -0.2) is 0 Å². The lowest BCUT2D eigenvalue weighted by atomic mass is 9.70. The van der Waals surface area contributed by atoms with Crippen LogP contribution in [0.25, 0.3) is 0 Å². The van der Waals surface area contributed by atoms with Crippen molar-refractivity contribution >= 4 is 22.8 Å². The van der Waals surface area contributed by atoms with Gasteiger partial charge in [0.1, 0.15) is 0 Å². The molecular weight excluding hydrogens is 382 g/mol. The van der Waals surface area contributed by atoms with E-state index in [2.05, 4.69) is 48.4 Å². The van der Waals surface area contributed by atoms with E-state index in [4.69, 9.17) is 4.99 Å². The van der Waals surface area contributed by atoms with Gasteiger partial charge in [-0.05, 0) is 25.2 Å². The lowest BCUT2D eigenvalue weighted by molar-refractivity contribution is -0.144. The Hall–Kier alpha value is -0.790. The summed E-state index contributed by atoms with van der Waals surface area (Å²) in [6, 6.07) is 0.707. The lowest BCUT2D eigenvalue weighted by Crippen LogP contribution is -2.62. The largest absolute Gasteiger partial charge is 0.358 e. The van der Waals surface area contributed by atoms with Gasteiger partial charge in [0.25, 0.3) is 0 Å². The first-order chi connectivity index (χ1) is 14.0. The Morgan fingerprint density at radius 2 is 1.97 bits per heavy atom. The molecule has 0 aromatic rings. The summed E-state index contributed by atoms with van der Waals surface area (Å²) in [6.45, 7) is 9.10. The number of likely N-dealkylation sites (tertiary alicyclic amines) is 1. The van der Waals surface area contributed by atoms with Crippen molar-refractivity contribution in [2.75, 3.05) is 46.8 Å². The smallest absolute Gasteiger partial charge is 0.227 e. The molecule has 0 bridgehead atoms. The molecule has 0 aromatic carbocycles. The van der Waals surface area contributed by atoms with Crippen LogP contribution in [-0.4, -0.2) is 85.0 Å². The predicted molar refractivity (Wildman–Crippen MR) is 121 cm³/mol. The van der Waals surface area contributed by atoms with E-state index in [-0.39, 0.29) is 17.4 Å². The van der Waals surface area contributed by atoms with Crippen LogP contribution in [0.3, 0.4) is 0 Å². The standard InChI is InChI=1S/C22H39N5OS/c1-5-15(6-2)18-9-7-8-10-27(18)20(28)16-11-23-13-22(16)14-24-12-17-19(22)29-21(25-17)26(3)4/h15-19,23-24H,5-14H2,1-4H3/t16-,17?,18?,19?,22-/m0/s1. The number of carbonyl (C=O) groups is 1. The molecule has 3 unspecified atom stereocenters. The topological polar surface area (TPSA) is 60.0 Å². The first-order valence-corrected chi connectivity index (χ1v) is 12.5. The summed E-state index contributed by atoms with van der Waals surface area (Å²) in [5.41, 5.74) is -0.0398. The van der Waals surface area contributed by atoms with Gasteiger partial charge in [-0.1, -0.05) is 38.5 Å². The number of piperidine rings is 2. The number of amidine groups is 1. The molecule has 5 atom stereocenters. The van der Waals surface area contributed by atoms with E-state index in [9.17, 15) is 4.79 Å². The highest BCUT2D eigenvalue weighted by Crippen LogP contribution is 2.49. The van der Waals surface area contributed by atoms with Gasteiger partial charge in [0.15, 0.2) is 5.17 Å². The van der Waals surface area contributed by atoms with Gasteiger partial charge in [0.2, 0.25) is 5.91 Å². The number of nitrogens with zero attached hydrogens (tertiary/aromatic N) is 3. The fraction of sp³-hybridized carbons (Fsp3) is 0.909. The number of rotatable bonds is 4. The number of fused-ring (bicyclic) bond motifs is 2. The van der Waals surface area contributed by atoms with Gasteiger partial charge >= 0.3 is 0 Å². The molecule has 3 fully saturated rings. The highest BCUT2D eigenvalue weighted by Gasteiger charge is 2.59. The van der Waals surface area contributed by atoms with Gasteiger partial charge in [-0.2, -0.15) is 0 Å². The summed E-state index contributed by atoms with van der Waals surface area (Å²) < 4.78 is 0. The quantitative estimate of drug-likeness (QED) is 0.727. The van der Waals surface area contributed by atoms with Crippen LogP contribution in [-0.2, 0) is 4.79 Å². The fourth-order valence-electron chi connectivity index (χ4n) is 6.21. The molecule has 164 valence electrons. The van der Waals surface area contributed by atoms with Gasteiger partial charge in [0.05, 0.1) is 12.0 Å². The van der Waals surface area contributed by atoms with E-state index >= 15 is 0 Å². The number of nitrogens with one attached hydrogen (secondary N) is 2. The SMILES string of the molecule is CCC(CC)C1CCCCN1C(=O)[C@@H]1CNC[C@]12CNCC1N=C(N(C)C)SC12. The maximum absolute atomic E-state index is 14.0. The molecule has 1 amide bonds. The van der Waals surface area contributed by atoms with Gasteiger partial charge in [-0.15, -0.1) is 0 Å². The van der Waals surface area contributed by atoms with Crippen LogP contribution < -0.4 is 10.6 Å². The Labute approximate surface area is 180 Å². The zero-order valence-corrected chi connectivity index (χ0v) is 19.4. The molecule has 6 nitrogen and oxygen atoms in total. The van der Waals surface area contributed by atoms with Crippen LogP contribution in [0.15, 0.2) is 4.99 Å². The molecule has 3 saturated heterocycles. The molecule has 0 saturated carbocycles. The first-order valence-electron chi connectivity index (χ1n) is 11.7. The number of hydrogen-bond acceptors (Lipinski definition) is 6. The summed E-state index contributed by atoms with van der Waals surface area (Å²) in [5.74, 6) is 1.10. The van der Waals surface area contributed by atoms with Crippen molar-refractivity contribution in [2.24, 2.45) is 22.2 Å². The molecule has 2 N–H and O–H groups in total. The van der Waals surface area contributed by atoms with Gasteiger partial charge < -0.3 is 20.4 Å². The van der Waals surface area contributed by atoms with Crippen molar-refractivity contribution in [1.29, 1.82) is 0 Å². The molecule has 4 aliphatic rings. The minimum atomic E-state index is -0.0398. The third-order valence-corrected chi connectivity index (χ3v) is 9.55. The summed E-state index contributed by atoms with van der Waals surface area (Å²) in [6.07, 6.45) is 5.93. The Bertz CT molecular complexity index is 637. The van der Waals surface area contributed by atoms with Crippen LogP contribution >= 0.6 is 11.8 Å². The first kappa shape index (κ1) is 21.4. The molecular formula is C22H39N5OS. The van der Waals surface area contributed by atoms with Crippen LogP contribution in [0.4, 0.5) is 0 Å². The van der Waals surface area contributed by atoms with E-state index in [0.29, 0.717) is 23.1 Å². The molecule has 4 rings (SSSR count). The molecule has 1 spiro atoms. The number of carbonyl (C=O) groups excluding carboxylic acids is 1. The predicted octanol–water partition coefficient (Wildman–Crippen LogP) is 2.01. The highest BCUT2D eigenvalue weighted by atomic mass is 32.2. The average molecular weight is 422 g/mol. The Kier molecular flexibility index (Phi) is 6.47. The van der Waals surface area contributed by atoms with E-state index in [1.165, 1.54) is 25.7 Å². The maximum Gasteiger partial charge on any atom is 0.227 e. The number of aliphatic imine (C=N–C) groups is 1. The number of amides is 1. The average Bonchev–Trinajstić information content (AvgIpc) is 3.35. The van der Waals surface area contributed by atoms with E-state index in [0.717, 1.165) is 44.3 Å². The Morgan fingerprint density at radius 3 is 2.66 bits per heavy atom. The third-order valence-electron chi connectivity index (χ3n) is 7.83. The zero-order chi connectivity index (χ0) is 20.6. The normalized spacial score (nSPS) is 37.1. The zero-order valence-electron chi connectivity index (χ0n) is 18.6. The number of thioether (sulfide) groups is 1. The summed E-state index contributed by atoms with van der Waals surface area (Å²) in [7, 11) is 4.15. The summed E-state index contributed by atoms with van der Waals surface area (Å²) in [5, 5.41) is 8.77. The summed E-state index contributed by atoms with van der Waals surface area (Å²) >= 11 is 1.91. The van der Waals surface area contributed by atoms with Crippen molar-refractivity contribution in [1.82, 2.24) is 20.4 Å². The molecule has 4 aliphatic heterocycles. The van der Waals surface area contributed by atoms with E-state index in [1.54, 1.807) is 0 Å². The van der Waals surface area contributed by atoms with Crippen molar-refractivity contribution in [3.8, 4) is 0 Å². The van der Waals surface area contributed by atoms with Crippen molar-refractivity contribution in [3.63, 3.8) is 0 Å².